The molecule has 2 aliphatic heterocycles. The summed E-state index contributed by atoms with van der Waals surface area (Å²) < 4.78 is 15.3. The number of fused-ring (bicyclic) bond motifs is 4. The van der Waals surface area contributed by atoms with Crippen LogP contribution in [-0.4, -0.2) is 17.7 Å². The molecule has 1 saturated heterocycles. The molecule has 4 heteroatoms. The number of aromatic nitrogens is 1. The second kappa shape index (κ2) is 4.81. The van der Waals surface area contributed by atoms with Crippen molar-refractivity contribution in [3.05, 3.63) is 58.3 Å². The minimum atomic E-state index is -0.310. The summed E-state index contributed by atoms with van der Waals surface area (Å²) in [5.74, 6) is 0.638. The number of rotatable bonds is 1. The molecule has 0 spiro atoms. The summed E-state index contributed by atoms with van der Waals surface area (Å²) in [6.45, 7) is 2.68. The van der Waals surface area contributed by atoms with Crippen molar-refractivity contribution in [2.24, 2.45) is 5.92 Å². The Morgan fingerprint density at radius 1 is 1.19 bits per heavy atom. The van der Waals surface area contributed by atoms with Gasteiger partial charge in [-0.25, -0.2) is 4.39 Å². The van der Waals surface area contributed by atoms with Crippen molar-refractivity contribution < 1.29 is 4.39 Å². The van der Waals surface area contributed by atoms with Gasteiger partial charge >= 0.3 is 0 Å². The van der Waals surface area contributed by atoms with Crippen LogP contribution in [0.5, 0.6) is 0 Å². The molecule has 0 radical (unpaired) electrons. The maximum absolute atomic E-state index is 13.4. The molecular formula is C17H17FN2O. The van der Waals surface area contributed by atoms with Gasteiger partial charge in [0.15, 0.2) is 0 Å². The zero-order chi connectivity index (χ0) is 14.4. The van der Waals surface area contributed by atoms with Gasteiger partial charge in [-0.05, 0) is 48.7 Å². The van der Waals surface area contributed by atoms with Gasteiger partial charge in [0.05, 0.1) is 0 Å². The van der Waals surface area contributed by atoms with Gasteiger partial charge in [-0.2, -0.15) is 0 Å². The van der Waals surface area contributed by atoms with E-state index >= 15 is 0 Å². The van der Waals surface area contributed by atoms with Crippen LogP contribution in [0.2, 0.25) is 0 Å². The highest BCUT2D eigenvalue weighted by atomic mass is 19.1. The number of halogens is 1. The summed E-state index contributed by atoms with van der Waals surface area (Å²) >= 11 is 0. The minimum absolute atomic E-state index is 0.00898. The van der Waals surface area contributed by atoms with Gasteiger partial charge < -0.3 is 9.88 Å². The second-order valence-electron chi connectivity index (χ2n) is 6.05. The van der Waals surface area contributed by atoms with Crippen LogP contribution in [0.3, 0.4) is 0 Å². The van der Waals surface area contributed by atoms with E-state index in [2.05, 4.69) is 5.32 Å². The second-order valence-corrected chi connectivity index (χ2v) is 6.05. The highest BCUT2D eigenvalue weighted by Crippen LogP contribution is 2.32. The lowest BCUT2D eigenvalue weighted by molar-refractivity contribution is 0.257. The van der Waals surface area contributed by atoms with Gasteiger partial charge in [0.1, 0.15) is 5.82 Å². The van der Waals surface area contributed by atoms with Crippen LogP contribution in [0.25, 0.3) is 11.1 Å². The summed E-state index contributed by atoms with van der Waals surface area (Å²) in [7, 11) is 0. The third-order valence-corrected chi connectivity index (χ3v) is 4.64. The molecule has 1 aromatic heterocycles. The van der Waals surface area contributed by atoms with Crippen molar-refractivity contribution >= 4 is 0 Å². The quantitative estimate of drug-likeness (QED) is 0.872. The van der Waals surface area contributed by atoms with Crippen molar-refractivity contribution in [3.8, 4) is 11.1 Å². The summed E-state index contributed by atoms with van der Waals surface area (Å²) in [6.07, 6.45) is 1.16. The fourth-order valence-electron chi connectivity index (χ4n) is 3.67. The molecular weight excluding hydrogens is 267 g/mol. The molecule has 21 heavy (non-hydrogen) atoms. The summed E-state index contributed by atoms with van der Waals surface area (Å²) in [5, 5.41) is 3.44. The molecule has 0 saturated carbocycles. The Morgan fingerprint density at radius 2 is 2.10 bits per heavy atom. The van der Waals surface area contributed by atoms with Crippen LogP contribution in [0.15, 0.2) is 41.2 Å². The molecule has 2 atom stereocenters. The minimum Gasteiger partial charge on any atom is -0.316 e. The fourth-order valence-corrected chi connectivity index (χ4v) is 3.67. The molecule has 3 nitrogen and oxygen atoms in total. The monoisotopic (exact) mass is 284 g/mol. The molecule has 4 rings (SSSR count). The first-order valence-corrected chi connectivity index (χ1v) is 7.43. The van der Waals surface area contributed by atoms with Crippen molar-refractivity contribution in [3.63, 3.8) is 0 Å². The predicted octanol–water partition coefficient (Wildman–Crippen LogP) is 2.36. The average Bonchev–Trinajstić information content (AvgIpc) is 2.49. The average molecular weight is 284 g/mol. The van der Waals surface area contributed by atoms with Crippen molar-refractivity contribution in [1.29, 1.82) is 0 Å². The van der Waals surface area contributed by atoms with E-state index < -0.39 is 0 Å². The van der Waals surface area contributed by atoms with E-state index in [0.717, 1.165) is 31.7 Å². The lowest BCUT2D eigenvalue weighted by Crippen LogP contribution is -2.45. The van der Waals surface area contributed by atoms with Gasteiger partial charge in [0.2, 0.25) is 0 Å². The van der Waals surface area contributed by atoms with Crippen LogP contribution >= 0.6 is 0 Å². The molecule has 1 N–H and O–H groups in total. The topological polar surface area (TPSA) is 34.0 Å². The third-order valence-electron chi connectivity index (χ3n) is 4.64. The van der Waals surface area contributed by atoms with E-state index in [1.54, 1.807) is 12.1 Å². The Morgan fingerprint density at radius 3 is 2.95 bits per heavy atom. The van der Waals surface area contributed by atoms with Gasteiger partial charge in [-0.1, -0.05) is 12.1 Å². The van der Waals surface area contributed by atoms with Crippen molar-refractivity contribution in [2.45, 2.75) is 18.9 Å². The van der Waals surface area contributed by atoms with E-state index in [9.17, 15) is 9.18 Å². The summed E-state index contributed by atoms with van der Waals surface area (Å²) in [4.78, 5) is 12.8. The first-order chi connectivity index (χ1) is 10.2. The van der Waals surface area contributed by atoms with Crippen LogP contribution < -0.4 is 10.9 Å². The first-order valence-electron chi connectivity index (χ1n) is 7.43. The first kappa shape index (κ1) is 12.8. The number of nitrogens with zero attached hydrogens (tertiary/aromatic N) is 1. The van der Waals surface area contributed by atoms with Gasteiger partial charge in [-0.3, -0.25) is 4.79 Å². The number of nitrogens with one attached hydrogen (secondary N) is 1. The number of piperidine rings is 1. The SMILES string of the molecule is O=c1c(-c2cccc(F)c2)ccc2n1CC1CNCC2C1. The molecule has 0 amide bonds. The molecule has 2 aliphatic rings. The molecule has 2 aromatic rings. The number of hydrogen-bond acceptors (Lipinski definition) is 2. The van der Waals surface area contributed by atoms with Crippen LogP contribution in [0.4, 0.5) is 4.39 Å². The number of pyridine rings is 1. The van der Waals surface area contributed by atoms with Crippen LogP contribution in [0, 0.1) is 11.7 Å². The third kappa shape index (κ3) is 2.10. The Labute approximate surface area is 122 Å². The van der Waals surface area contributed by atoms with E-state index in [-0.39, 0.29) is 11.4 Å². The lowest BCUT2D eigenvalue weighted by Gasteiger charge is -2.37. The highest BCUT2D eigenvalue weighted by Gasteiger charge is 2.31. The van der Waals surface area contributed by atoms with E-state index in [4.69, 9.17) is 0 Å². The zero-order valence-electron chi connectivity index (χ0n) is 11.7. The standard InChI is InChI=1S/C17H17FN2O/c18-14-3-1-2-12(7-14)15-4-5-16-13-6-11(8-19-9-13)10-20(16)17(15)21/h1-5,7,11,13,19H,6,8-10H2. The predicted molar refractivity (Wildman–Crippen MR) is 79.8 cm³/mol. The molecule has 1 fully saturated rings. The summed E-state index contributed by atoms with van der Waals surface area (Å²) in [6, 6.07) is 10.1. The Hall–Kier alpha value is -1.94. The summed E-state index contributed by atoms with van der Waals surface area (Å²) in [5.41, 5.74) is 2.37. The molecule has 108 valence electrons. The van der Waals surface area contributed by atoms with E-state index in [0.29, 0.717) is 23.0 Å². The van der Waals surface area contributed by atoms with Crippen LogP contribution in [-0.2, 0) is 6.54 Å². The Kier molecular flexibility index (Phi) is 2.93. The highest BCUT2D eigenvalue weighted by molar-refractivity contribution is 5.62. The smallest absolute Gasteiger partial charge is 0.258 e. The van der Waals surface area contributed by atoms with Crippen LogP contribution in [0.1, 0.15) is 18.0 Å². The lowest BCUT2D eigenvalue weighted by atomic mass is 9.84. The van der Waals surface area contributed by atoms with Crippen molar-refractivity contribution in [1.82, 2.24) is 9.88 Å². The van der Waals surface area contributed by atoms with Gasteiger partial charge in [-0.15, -0.1) is 0 Å². The molecule has 0 aliphatic carbocycles. The maximum Gasteiger partial charge on any atom is 0.258 e. The molecule has 1 aromatic carbocycles. The molecule has 3 heterocycles. The zero-order valence-corrected chi connectivity index (χ0v) is 11.7. The van der Waals surface area contributed by atoms with E-state index in [1.807, 2.05) is 16.7 Å². The van der Waals surface area contributed by atoms with E-state index in [1.165, 1.54) is 12.1 Å². The fraction of sp³-hybridized carbons (Fsp3) is 0.353. The Balaban J connectivity index is 1.86. The van der Waals surface area contributed by atoms with Crippen molar-refractivity contribution in [2.75, 3.05) is 13.1 Å². The molecule has 2 unspecified atom stereocenters. The largest absolute Gasteiger partial charge is 0.316 e. The number of benzene rings is 1. The number of hydrogen-bond donors (Lipinski definition) is 1. The maximum atomic E-state index is 13.4. The van der Waals surface area contributed by atoms with Gasteiger partial charge in [0, 0.05) is 30.3 Å². The Bertz CT molecular complexity index is 753. The molecule has 2 bridgehead atoms. The van der Waals surface area contributed by atoms with Gasteiger partial charge in [0.25, 0.3) is 5.56 Å². The normalized spacial score (nSPS) is 23.7.